The van der Waals surface area contributed by atoms with Crippen LogP contribution in [0.2, 0.25) is 0 Å². The van der Waals surface area contributed by atoms with Crippen LogP contribution in [0.3, 0.4) is 0 Å². The van der Waals surface area contributed by atoms with E-state index in [1.165, 1.54) is 6.20 Å². The molecule has 6 heteroatoms. The van der Waals surface area contributed by atoms with Crippen molar-refractivity contribution in [1.82, 2.24) is 9.55 Å². The Morgan fingerprint density at radius 2 is 2.14 bits per heavy atom. The van der Waals surface area contributed by atoms with Crippen LogP contribution in [0.5, 0.6) is 0 Å². The molecule has 0 bridgehead atoms. The monoisotopic (exact) mass is 289 g/mol. The van der Waals surface area contributed by atoms with Crippen molar-refractivity contribution in [3.05, 3.63) is 34.1 Å². The number of carboxylic acids is 1. The lowest BCUT2D eigenvalue weighted by Gasteiger charge is -2.11. The molecule has 0 aliphatic carbocycles. The maximum atomic E-state index is 12.2. The van der Waals surface area contributed by atoms with Crippen molar-refractivity contribution in [3.63, 3.8) is 0 Å². The van der Waals surface area contributed by atoms with E-state index in [0.717, 1.165) is 19.4 Å². The maximum absolute atomic E-state index is 12.2. The molecule has 0 aliphatic heterocycles. The van der Waals surface area contributed by atoms with E-state index >= 15 is 0 Å². The molecule has 112 valence electrons. The van der Waals surface area contributed by atoms with Crippen LogP contribution in [0.25, 0.3) is 11.0 Å². The number of nitrogens with one attached hydrogen (secondary N) is 1. The first-order valence-corrected chi connectivity index (χ1v) is 7.09. The van der Waals surface area contributed by atoms with Crippen molar-refractivity contribution in [2.45, 2.75) is 33.2 Å². The van der Waals surface area contributed by atoms with Crippen LogP contribution in [0.1, 0.15) is 37.0 Å². The number of carbonyl (C=O) groups is 1. The van der Waals surface area contributed by atoms with Crippen molar-refractivity contribution < 1.29 is 9.90 Å². The zero-order chi connectivity index (χ0) is 15.4. The number of pyridine rings is 2. The molecule has 6 nitrogen and oxygen atoms in total. The van der Waals surface area contributed by atoms with Gasteiger partial charge in [-0.1, -0.05) is 13.3 Å². The fourth-order valence-corrected chi connectivity index (χ4v) is 2.15. The van der Waals surface area contributed by atoms with Crippen molar-refractivity contribution in [2.75, 3.05) is 11.9 Å². The Kier molecular flexibility index (Phi) is 4.57. The predicted molar refractivity (Wildman–Crippen MR) is 82.0 cm³/mol. The second-order valence-corrected chi connectivity index (χ2v) is 4.81. The van der Waals surface area contributed by atoms with Crippen LogP contribution in [-0.4, -0.2) is 27.2 Å². The molecule has 0 aliphatic rings. The number of rotatable bonds is 6. The summed E-state index contributed by atoms with van der Waals surface area (Å²) in [6.45, 7) is 5.35. The first-order valence-electron chi connectivity index (χ1n) is 7.09. The Morgan fingerprint density at radius 1 is 1.38 bits per heavy atom. The third kappa shape index (κ3) is 3.04. The third-order valence-corrected chi connectivity index (χ3v) is 3.33. The molecule has 0 saturated heterocycles. The van der Waals surface area contributed by atoms with Crippen LogP contribution < -0.4 is 10.7 Å². The Balaban J connectivity index is 2.54. The molecule has 2 aromatic rings. The lowest BCUT2D eigenvalue weighted by molar-refractivity contribution is 0.0695. The summed E-state index contributed by atoms with van der Waals surface area (Å²) in [5.74, 6) is -0.519. The van der Waals surface area contributed by atoms with E-state index < -0.39 is 11.4 Å². The summed E-state index contributed by atoms with van der Waals surface area (Å²) in [5.41, 5.74) is -0.207. The van der Waals surface area contributed by atoms with Gasteiger partial charge in [-0.3, -0.25) is 4.79 Å². The standard InChI is InChI=1S/C15H19N3O3/c1-3-5-8-16-12-7-6-10-13(19)11(15(20)21)9-18(4-2)14(10)17-12/h6-7,9H,3-5,8H2,1-2H3,(H,16,17)(H,20,21). The molecule has 0 radical (unpaired) electrons. The number of hydrogen-bond donors (Lipinski definition) is 2. The Hall–Kier alpha value is -2.37. The van der Waals surface area contributed by atoms with E-state index in [-0.39, 0.29) is 5.56 Å². The first-order chi connectivity index (χ1) is 10.1. The van der Waals surface area contributed by atoms with Crippen molar-refractivity contribution in [1.29, 1.82) is 0 Å². The highest BCUT2D eigenvalue weighted by atomic mass is 16.4. The van der Waals surface area contributed by atoms with Gasteiger partial charge >= 0.3 is 5.97 Å². The topological polar surface area (TPSA) is 84.2 Å². The van der Waals surface area contributed by atoms with Crippen LogP contribution in [0.15, 0.2) is 23.1 Å². The maximum Gasteiger partial charge on any atom is 0.341 e. The van der Waals surface area contributed by atoms with Crippen molar-refractivity contribution in [3.8, 4) is 0 Å². The van der Waals surface area contributed by atoms with Gasteiger partial charge in [0.1, 0.15) is 17.0 Å². The molecule has 0 atom stereocenters. The third-order valence-electron chi connectivity index (χ3n) is 3.33. The summed E-state index contributed by atoms with van der Waals surface area (Å²) in [5, 5.41) is 12.6. The zero-order valence-corrected chi connectivity index (χ0v) is 12.2. The second kappa shape index (κ2) is 6.39. The summed E-state index contributed by atoms with van der Waals surface area (Å²) in [7, 11) is 0. The van der Waals surface area contributed by atoms with Gasteiger partial charge in [0.05, 0.1) is 5.39 Å². The van der Waals surface area contributed by atoms with Gasteiger partial charge in [0, 0.05) is 19.3 Å². The van der Waals surface area contributed by atoms with Crippen LogP contribution >= 0.6 is 0 Å². The molecule has 0 unspecified atom stereocenters. The van der Waals surface area contributed by atoms with E-state index in [1.807, 2.05) is 6.92 Å². The minimum absolute atomic E-state index is 0.224. The molecule has 2 rings (SSSR count). The summed E-state index contributed by atoms with van der Waals surface area (Å²) in [6, 6.07) is 3.35. The number of carboxylic acid groups (broad SMARTS) is 1. The Bertz CT molecular complexity index is 722. The van der Waals surface area contributed by atoms with Gasteiger partial charge < -0.3 is 15.0 Å². The van der Waals surface area contributed by atoms with Gasteiger partial charge in [-0.25, -0.2) is 9.78 Å². The fourth-order valence-electron chi connectivity index (χ4n) is 2.15. The number of fused-ring (bicyclic) bond motifs is 1. The molecular weight excluding hydrogens is 270 g/mol. The minimum Gasteiger partial charge on any atom is -0.477 e. The number of aromatic carboxylic acids is 1. The van der Waals surface area contributed by atoms with Gasteiger partial charge in [0.25, 0.3) is 0 Å². The number of nitrogens with zero attached hydrogens (tertiary/aromatic N) is 2. The van der Waals surface area contributed by atoms with E-state index in [0.29, 0.717) is 23.4 Å². The Morgan fingerprint density at radius 3 is 2.76 bits per heavy atom. The average Bonchev–Trinajstić information content (AvgIpc) is 2.47. The van der Waals surface area contributed by atoms with Gasteiger partial charge in [0.2, 0.25) is 5.43 Å². The summed E-state index contributed by atoms with van der Waals surface area (Å²) >= 11 is 0. The van der Waals surface area contributed by atoms with Crippen LogP contribution in [0, 0.1) is 0 Å². The fraction of sp³-hybridized carbons (Fsp3) is 0.400. The quantitative estimate of drug-likeness (QED) is 0.797. The lowest BCUT2D eigenvalue weighted by atomic mass is 10.2. The molecule has 2 aromatic heterocycles. The number of aryl methyl sites for hydroxylation is 1. The van der Waals surface area contributed by atoms with Gasteiger partial charge in [0.15, 0.2) is 0 Å². The molecule has 21 heavy (non-hydrogen) atoms. The van der Waals surface area contributed by atoms with E-state index in [2.05, 4.69) is 17.2 Å². The van der Waals surface area contributed by atoms with Gasteiger partial charge in [-0.05, 0) is 25.5 Å². The highest BCUT2D eigenvalue weighted by molar-refractivity contribution is 5.92. The minimum atomic E-state index is -1.21. The van der Waals surface area contributed by atoms with E-state index in [4.69, 9.17) is 5.11 Å². The lowest BCUT2D eigenvalue weighted by Crippen LogP contribution is -2.19. The molecule has 0 saturated carbocycles. The van der Waals surface area contributed by atoms with Crippen molar-refractivity contribution >= 4 is 22.8 Å². The van der Waals surface area contributed by atoms with E-state index in [1.54, 1.807) is 16.7 Å². The molecule has 0 amide bonds. The average molecular weight is 289 g/mol. The normalized spacial score (nSPS) is 10.8. The largest absolute Gasteiger partial charge is 0.477 e. The summed E-state index contributed by atoms with van der Waals surface area (Å²) in [6.07, 6.45) is 3.48. The highest BCUT2D eigenvalue weighted by Crippen LogP contribution is 2.14. The summed E-state index contributed by atoms with van der Waals surface area (Å²) < 4.78 is 1.69. The first kappa shape index (κ1) is 15.0. The molecule has 2 N–H and O–H groups in total. The predicted octanol–water partition coefficient (Wildman–Crippen LogP) is 2.33. The summed E-state index contributed by atoms with van der Waals surface area (Å²) in [4.78, 5) is 27.7. The molecule has 0 spiro atoms. The molecule has 0 aromatic carbocycles. The Labute approximate surface area is 122 Å². The zero-order valence-electron chi connectivity index (χ0n) is 12.2. The smallest absolute Gasteiger partial charge is 0.341 e. The van der Waals surface area contributed by atoms with Crippen molar-refractivity contribution in [2.24, 2.45) is 0 Å². The number of unbranched alkanes of at least 4 members (excludes halogenated alkanes) is 1. The molecule has 2 heterocycles. The van der Waals surface area contributed by atoms with Gasteiger partial charge in [-0.15, -0.1) is 0 Å². The highest BCUT2D eigenvalue weighted by Gasteiger charge is 2.15. The van der Waals surface area contributed by atoms with Crippen LogP contribution in [0.4, 0.5) is 5.82 Å². The molecule has 0 fully saturated rings. The second-order valence-electron chi connectivity index (χ2n) is 4.81. The number of aromatic nitrogens is 2. The van der Waals surface area contributed by atoms with Crippen LogP contribution in [-0.2, 0) is 6.54 Å². The SMILES string of the molecule is CCCCNc1ccc2c(=O)c(C(=O)O)cn(CC)c2n1. The number of hydrogen-bond acceptors (Lipinski definition) is 4. The van der Waals surface area contributed by atoms with Gasteiger partial charge in [-0.2, -0.15) is 0 Å². The molecular formula is C15H19N3O3. The number of anilines is 1. The van der Waals surface area contributed by atoms with E-state index in [9.17, 15) is 9.59 Å².